The van der Waals surface area contributed by atoms with Crippen LogP contribution in [-0.2, 0) is 0 Å². The van der Waals surface area contributed by atoms with E-state index in [1.165, 1.54) is 37.6 Å². The zero-order chi connectivity index (χ0) is 29.9. The molecular formula is C26H23Cl2F3N6O4. The van der Waals surface area contributed by atoms with E-state index in [9.17, 15) is 22.8 Å². The first-order valence-corrected chi connectivity index (χ1v) is 12.6. The molecule has 15 heteroatoms. The van der Waals surface area contributed by atoms with Crippen molar-refractivity contribution in [1.29, 1.82) is 0 Å². The van der Waals surface area contributed by atoms with E-state index in [0.29, 0.717) is 17.9 Å². The van der Waals surface area contributed by atoms with E-state index < -0.39 is 23.6 Å². The normalized spacial score (nSPS) is 11.5. The number of fused-ring (bicyclic) bond motifs is 1. The number of halogens is 5. The van der Waals surface area contributed by atoms with Crippen LogP contribution in [0.15, 0.2) is 53.5 Å². The van der Waals surface area contributed by atoms with Crippen molar-refractivity contribution in [3.05, 3.63) is 74.6 Å². The summed E-state index contributed by atoms with van der Waals surface area (Å²) in [5, 5.41) is 6.00. The topological polar surface area (TPSA) is 111 Å². The highest BCUT2D eigenvalue weighted by Gasteiger charge is 2.32. The minimum Gasteiger partial charge on any atom is -0.412 e. The van der Waals surface area contributed by atoms with Gasteiger partial charge in [0.1, 0.15) is 12.9 Å². The summed E-state index contributed by atoms with van der Waals surface area (Å²) in [6.45, 7) is 1.32. The molecule has 0 saturated carbocycles. The molecule has 4 rings (SSSR count). The van der Waals surface area contributed by atoms with Crippen LogP contribution in [0.5, 0.6) is 5.75 Å². The Morgan fingerprint density at radius 3 is 2.49 bits per heavy atom. The van der Waals surface area contributed by atoms with Crippen LogP contribution in [0.1, 0.15) is 10.4 Å². The van der Waals surface area contributed by atoms with E-state index >= 15 is 0 Å². The molecule has 0 radical (unpaired) electrons. The summed E-state index contributed by atoms with van der Waals surface area (Å²) in [6.07, 6.45) is -3.46. The van der Waals surface area contributed by atoms with Gasteiger partial charge >= 0.3 is 6.36 Å². The average Bonchev–Trinajstić information content (AvgIpc) is 2.90. The second-order valence-corrected chi connectivity index (χ2v) is 9.70. The van der Waals surface area contributed by atoms with Crippen LogP contribution in [0.2, 0.25) is 10.0 Å². The van der Waals surface area contributed by atoms with Gasteiger partial charge in [-0.05, 0) is 56.6 Å². The van der Waals surface area contributed by atoms with Crippen LogP contribution in [0.25, 0.3) is 22.2 Å². The minimum absolute atomic E-state index is 0.129. The maximum Gasteiger partial charge on any atom is 0.573 e. The van der Waals surface area contributed by atoms with Gasteiger partial charge in [0, 0.05) is 46.5 Å². The SMILES string of the molecule is COn1c(=O)c(-c2cc(NC(=O)c3ccc(Cl)c(OC(F)(F)F)c3)ccc2Cl)cc2cnc(NCCN(C)C)nc21. The molecule has 216 valence electrons. The first kappa shape index (κ1) is 29.9. The number of nitrogens with one attached hydrogen (secondary N) is 2. The number of carbonyl (C=O) groups is 1. The Balaban J connectivity index is 1.66. The molecule has 0 aliphatic carbocycles. The van der Waals surface area contributed by atoms with Crippen molar-refractivity contribution in [2.45, 2.75) is 6.36 Å². The third kappa shape index (κ3) is 7.17. The van der Waals surface area contributed by atoms with Gasteiger partial charge in [0.15, 0.2) is 5.65 Å². The third-order valence-electron chi connectivity index (χ3n) is 5.66. The number of anilines is 2. The van der Waals surface area contributed by atoms with Crippen molar-refractivity contribution in [2.24, 2.45) is 0 Å². The molecule has 0 spiro atoms. The van der Waals surface area contributed by atoms with Crippen molar-refractivity contribution in [1.82, 2.24) is 19.6 Å². The predicted molar refractivity (Wildman–Crippen MR) is 150 cm³/mol. The average molecular weight is 611 g/mol. The van der Waals surface area contributed by atoms with Crippen LogP contribution in [0.4, 0.5) is 24.8 Å². The van der Waals surface area contributed by atoms with E-state index in [2.05, 4.69) is 25.3 Å². The lowest BCUT2D eigenvalue weighted by Gasteiger charge is -2.14. The van der Waals surface area contributed by atoms with Crippen molar-refractivity contribution >= 4 is 51.8 Å². The Labute approximate surface area is 241 Å². The first-order valence-electron chi connectivity index (χ1n) is 11.9. The quantitative estimate of drug-likeness (QED) is 0.274. The monoisotopic (exact) mass is 610 g/mol. The van der Waals surface area contributed by atoms with Crippen molar-refractivity contribution in [2.75, 3.05) is 44.9 Å². The van der Waals surface area contributed by atoms with Crippen LogP contribution in [0.3, 0.4) is 0 Å². The summed E-state index contributed by atoms with van der Waals surface area (Å²) in [4.78, 5) is 42.3. The van der Waals surface area contributed by atoms with Crippen molar-refractivity contribution in [3.63, 3.8) is 0 Å². The molecule has 1 amide bonds. The van der Waals surface area contributed by atoms with Gasteiger partial charge in [-0.3, -0.25) is 9.59 Å². The fraction of sp³-hybridized carbons (Fsp3) is 0.231. The number of aromatic nitrogens is 3. The number of alkyl halides is 3. The Morgan fingerprint density at radius 1 is 1.07 bits per heavy atom. The van der Waals surface area contributed by atoms with Crippen LogP contribution in [0, 0.1) is 0 Å². The summed E-state index contributed by atoms with van der Waals surface area (Å²) < 4.78 is 42.9. The molecule has 0 saturated heterocycles. The van der Waals surface area contributed by atoms with Gasteiger partial charge in [0.05, 0.1) is 10.6 Å². The number of hydrogen-bond donors (Lipinski definition) is 2. The van der Waals surface area contributed by atoms with E-state index in [1.807, 2.05) is 19.0 Å². The molecule has 0 aliphatic heterocycles. The third-order valence-corrected chi connectivity index (χ3v) is 6.30. The fourth-order valence-corrected chi connectivity index (χ4v) is 4.14. The van der Waals surface area contributed by atoms with Gasteiger partial charge in [-0.25, -0.2) is 4.98 Å². The molecular weight excluding hydrogens is 588 g/mol. The van der Waals surface area contributed by atoms with Gasteiger partial charge < -0.3 is 25.1 Å². The summed E-state index contributed by atoms with van der Waals surface area (Å²) in [5.74, 6) is -1.17. The second-order valence-electron chi connectivity index (χ2n) is 8.88. The van der Waals surface area contributed by atoms with Gasteiger partial charge in [-0.15, -0.1) is 17.9 Å². The van der Waals surface area contributed by atoms with Crippen LogP contribution < -0.4 is 25.8 Å². The number of benzene rings is 2. The predicted octanol–water partition coefficient (Wildman–Crippen LogP) is 4.95. The van der Waals surface area contributed by atoms with Gasteiger partial charge in [-0.2, -0.15) is 4.98 Å². The highest BCUT2D eigenvalue weighted by Crippen LogP contribution is 2.33. The number of amides is 1. The number of pyridine rings is 1. The van der Waals surface area contributed by atoms with E-state index in [1.54, 1.807) is 6.07 Å². The lowest BCUT2D eigenvalue weighted by Crippen LogP contribution is -2.28. The number of hydrogen-bond acceptors (Lipinski definition) is 8. The first-order chi connectivity index (χ1) is 19.4. The lowest BCUT2D eigenvalue weighted by atomic mass is 10.1. The Kier molecular flexibility index (Phi) is 8.90. The standard InChI is InChI=1S/C26H23Cl2F3N6O4/c1-36(2)9-8-32-25-33-13-15-10-18(24(39)37(40-3)22(15)35-25)17-12-16(5-7-19(17)27)34-23(38)14-4-6-20(28)21(11-14)41-26(29,30)31/h4-7,10-13H,8-9H2,1-3H3,(H,34,38)(H,32,33,35). The smallest absolute Gasteiger partial charge is 0.412 e. The molecule has 0 fully saturated rings. The fourth-order valence-electron chi connectivity index (χ4n) is 3.77. The summed E-state index contributed by atoms with van der Waals surface area (Å²) in [6, 6.07) is 9.14. The van der Waals surface area contributed by atoms with E-state index in [4.69, 9.17) is 28.0 Å². The van der Waals surface area contributed by atoms with Crippen molar-refractivity contribution < 1.29 is 27.5 Å². The van der Waals surface area contributed by atoms with E-state index in [0.717, 1.165) is 23.4 Å². The molecule has 2 heterocycles. The molecule has 10 nitrogen and oxygen atoms in total. The number of likely N-dealkylation sites (N-methyl/N-ethyl adjacent to an activating group) is 1. The molecule has 41 heavy (non-hydrogen) atoms. The number of rotatable bonds is 9. The maximum absolute atomic E-state index is 13.4. The summed E-state index contributed by atoms with van der Waals surface area (Å²) in [7, 11) is 5.17. The molecule has 0 atom stereocenters. The highest BCUT2D eigenvalue weighted by atomic mass is 35.5. The molecule has 0 aliphatic rings. The van der Waals surface area contributed by atoms with E-state index in [-0.39, 0.29) is 38.1 Å². The summed E-state index contributed by atoms with van der Waals surface area (Å²) in [5.41, 5.74) is 0.101. The Morgan fingerprint density at radius 2 is 1.80 bits per heavy atom. The van der Waals surface area contributed by atoms with Gasteiger partial charge in [0.2, 0.25) is 5.95 Å². The zero-order valence-corrected chi connectivity index (χ0v) is 23.4. The Hall–Kier alpha value is -4.07. The number of carbonyl (C=O) groups excluding carboxylic acids is 1. The zero-order valence-electron chi connectivity index (χ0n) is 21.8. The van der Waals surface area contributed by atoms with Crippen LogP contribution >= 0.6 is 23.2 Å². The largest absolute Gasteiger partial charge is 0.573 e. The molecule has 4 aromatic rings. The Bertz CT molecular complexity index is 1660. The number of ether oxygens (including phenoxy) is 1. The molecule has 0 bridgehead atoms. The van der Waals surface area contributed by atoms with Crippen LogP contribution in [-0.4, -0.2) is 66.2 Å². The second kappa shape index (κ2) is 12.2. The lowest BCUT2D eigenvalue weighted by molar-refractivity contribution is -0.274. The maximum atomic E-state index is 13.4. The van der Waals surface area contributed by atoms with Gasteiger partial charge in [0.25, 0.3) is 11.5 Å². The molecule has 2 aromatic carbocycles. The minimum atomic E-state index is -4.99. The molecule has 2 aromatic heterocycles. The summed E-state index contributed by atoms with van der Waals surface area (Å²) >= 11 is 12.2. The highest BCUT2D eigenvalue weighted by molar-refractivity contribution is 6.33. The molecule has 0 unspecified atom stereocenters. The molecule has 2 N–H and O–H groups in total. The van der Waals surface area contributed by atoms with Gasteiger partial charge in [-0.1, -0.05) is 23.2 Å². The number of nitrogens with zero attached hydrogens (tertiary/aromatic N) is 4. The van der Waals surface area contributed by atoms with Crippen molar-refractivity contribution in [3.8, 4) is 16.9 Å².